The van der Waals surface area contributed by atoms with Crippen molar-refractivity contribution >= 4 is 10.8 Å². The Morgan fingerprint density at radius 1 is 0.900 bits per heavy atom. The van der Waals surface area contributed by atoms with E-state index in [0.29, 0.717) is 12.0 Å². The van der Waals surface area contributed by atoms with Crippen molar-refractivity contribution in [3.8, 4) is 17.2 Å². The van der Waals surface area contributed by atoms with Crippen molar-refractivity contribution in [2.24, 2.45) is 5.92 Å². The monoisotopic (exact) mass is 399 g/mol. The van der Waals surface area contributed by atoms with E-state index in [2.05, 4.69) is 43.3 Å². The molecule has 1 aliphatic rings. The maximum Gasteiger partial charge on any atom is 0.107 e. The number of alkyl halides is 1. The van der Waals surface area contributed by atoms with Crippen molar-refractivity contribution in [3.63, 3.8) is 0 Å². The van der Waals surface area contributed by atoms with Gasteiger partial charge in [-0.25, -0.2) is 4.39 Å². The molecule has 0 aromatic heterocycles. The fraction of sp³-hybridized carbons (Fsp3) is 0.393. The number of hydrogen-bond acceptors (Lipinski definition) is 1. The van der Waals surface area contributed by atoms with Crippen LogP contribution in [-0.2, 0) is 12.8 Å². The molecular formula is C28H30FN. The minimum atomic E-state index is -0.729. The van der Waals surface area contributed by atoms with Crippen LogP contribution in [0.3, 0.4) is 0 Å². The average Bonchev–Trinajstić information content (AvgIpc) is 2.79. The van der Waals surface area contributed by atoms with E-state index in [1.165, 1.54) is 47.6 Å². The standard InChI is InChI=1S/C28H30FN/c1-2-3-4-5-6-7-25-17-24-13-12-23-16-22(21-10-8-20(19-30)9-11-21)14-15-26(23)27(24)18-28(25)29/h8-16,25,28H,2-7,17-18H2,1H3/t25-,28-/m0/s1. The Bertz CT molecular complexity index is 1040. The predicted molar refractivity (Wildman–Crippen MR) is 123 cm³/mol. The molecule has 3 aromatic carbocycles. The normalized spacial score (nSPS) is 18.2. The van der Waals surface area contributed by atoms with Crippen LogP contribution in [0.4, 0.5) is 4.39 Å². The Labute approximate surface area is 179 Å². The fourth-order valence-electron chi connectivity index (χ4n) is 4.85. The van der Waals surface area contributed by atoms with Gasteiger partial charge in [-0.2, -0.15) is 5.26 Å². The lowest BCUT2D eigenvalue weighted by Gasteiger charge is -2.29. The minimum Gasteiger partial charge on any atom is -0.247 e. The van der Waals surface area contributed by atoms with Crippen LogP contribution in [0.25, 0.3) is 21.9 Å². The average molecular weight is 400 g/mol. The molecular weight excluding hydrogens is 369 g/mol. The van der Waals surface area contributed by atoms with Crippen LogP contribution in [0.2, 0.25) is 0 Å². The summed E-state index contributed by atoms with van der Waals surface area (Å²) in [6.45, 7) is 2.23. The molecule has 0 spiro atoms. The van der Waals surface area contributed by atoms with Crippen LogP contribution in [0.15, 0.2) is 54.6 Å². The van der Waals surface area contributed by atoms with E-state index < -0.39 is 6.17 Å². The Balaban J connectivity index is 1.53. The molecule has 0 radical (unpaired) electrons. The van der Waals surface area contributed by atoms with Crippen LogP contribution in [0.5, 0.6) is 0 Å². The molecule has 1 aliphatic carbocycles. The van der Waals surface area contributed by atoms with E-state index in [-0.39, 0.29) is 5.92 Å². The lowest BCUT2D eigenvalue weighted by Crippen LogP contribution is -2.27. The first kappa shape index (κ1) is 20.6. The Kier molecular flexibility index (Phi) is 6.48. The molecule has 0 aliphatic heterocycles. The van der Waals surface area contributed by atoms with Crippen molar-refractivity contribution in [2.75, 3.05) is 0 Å². The van der Waals surface area contributed by atoms with Gasteiger partial charge in [0.2, 0.25) is 0 Å². The third kappa shape index (κ3) is 4.41. The summed E-state index contributed by atoms with van der Waals surface area (Å²) in [6, 6.07) is 20.7. The number of nitrogens with zero attached hydrogens (tertiary/aromatic N) is 1. The van der Waals surface area contributed by atoms with Crippen molar-refractivity contribution in [1.29, 1.82) is 5.26 Å². The molecule has 30 heavy (non-hydrogen) atoms. The molecule has 0 unspecified atom stereocenters. The van der Waals surface area contributed by atoms with Gasteiger partial charge < -0.3 is 0 Å². The van der Waals surface area contributed by atoms with Crippen LogP contribution in [0, 0.1) is 17.2 Å². The van der Waals surface area contributed by atoms with Crippen molar-refractivity contribution in [1.82, 2.24) is 0 Å². The molecule has 0 bridgehead atoms. The second-order valence-electron chi connectivity index (χ2n) is 8.72. The van der Waals surface area contributed by atoms with Gasteiger partial charge in [-0.05, 0) is 70.0 Å². The number of halogens is 1. The molecule has 154 valence electrons. The molecule has 2 heteroatoms. The highest BCUT2D eigenvalue weighted by Crippen LogP contribution is 2.36. The van der Waals surface area contributed by atoms with Gasteiger partial charge in [-0.3, -0.25) is 0 Å². The summed E-state index contributed by atoms with van der Waals surface area (Å²) in [5.41, 5.74) is 5.43. The highest BCUT2D eigenvalue weighted by molar-refractivity contribution is 5.91. The fourth-order valence-corrected chi connectivity index (χ4v) is 4.85. The maximum atomic E-state index is 15.0. The Morgan fingerprint density at radius 3 is 2.43 bits per heavy atom. The van der Waals surface area contributed by atoms with Crippen LogP contribution in [0.1, 0.15) is 62.1 Å². The lowest BCUT2D eigenvalue weighted by atomic mass is 9.78. The van der Waals surface area contributed by atoms with Crippen molar-refractivity contribution in [2.45, 2.75) is 64.5 Å². The zero-order valence-corrected chi connectivity index (χ0v) is 17.8. The number of nitriles is 1. The third-order valence-electron chi connectivity index (χ3n) is 6.65. The summed E-state index contributed by atoms with van der Waals surface area (Å²) in [4.78, 5) is 0. The first-order valence-corrected chi connectivity index (χ1v) is 11.4. The van der Waals surface area contributed by atoms with Gasteiger partial charge >= 0.3 is 0 Å². The Hall–Kier alpha value is -2.66. The molecule has 2 atom stereocenters. The molecule has 3 aromatic rings. The number of rotatable bonds is 7. The molecule has 0 fully saturated rings. The van der Waals surface area contributed by atoms with E-state index in [1.807, 2.05) is 24.3 Å². The smallest absolute Gasteiger partial charge is 0.107 e. The molecule has 0 amide bonds. The number of fused-ring (bicyclic) bond motifs is 3. The predicted octanol–water partition coefficient (Wildman–Crippen LogP) is 7.79. The van der Waals surface area contributed by atoms with Gasteiger partial charge in [-0.1, -0.05) is 75.4 Å². The van der Waals surface area contributed by atoms with E-state index in [4.69, 9.17) is 5.26 Å². The van der Waals surface area contributed by atoms with Crippen molar-refractivity contribution in [3.05, 3.63) is 71.3 Å². The van der Waals surface area contributed by atoms with E-state index in [1.54, 1.807) is 0 Å². The van der Waals surface area contributed by atoms with Crippen LogP contribution < -0.4 is 0 Å². The van der Waals surface area contributed by atoms with Gasteiger partial charge in [0.05, 0.1) is 11.6 Å². The summed E-state index contributed by atoms with van der Waals surface area (Å²) in [7, 11) is 0. The molecule has 1 nitrogen and oxygen atoms in total. The van der Waals surface area contributed by atoms with E-state index in [0.717, 1.165) is 30.4 Å². The second kappa shape index (κ2) is 9.43. The van der Waals surface area contributed by atoms with Crippen LogP contribution >= 0.6 is 0 Å². The molecule has 4 rings (SSSR count). The highest BCUT2D eigenvalue weighted by atomic mass is 19.1. The quantitative estimate of drug-likeness (QED) is 0.372. The third-order valence-corrected chi connectivity index (χ3v) is 6.65. The SMILES string of the molecule is CCCCCCC[C@H]1Cc2ccc3cc(-c4ccc(C#N)cc4)ccc3c2C[C@@H]1F. The molecule has 0 heterocycles. The summed E-state index contributed by atoms with van der Waals surface area (Å²) >= 11 is 0. The molecule has 0 saturated carbocycles. The number of hydrogen-bond donors (Lipinski definition) is 0. The zero-order chi connectivity index (χ0) is 20.9. The first-order chi connectivity index (χ1) is 14.7. The topological polar surface area (TPSA) is 23.8 Å². The molecule has 0 N–H and O–H groups in total. The minimum absolute atomic E-state index is 0.175. The zero-order valence-electron chi connectivity index (χ0n) is 17.8. The summed E-state index contributed by atoms with van der Waals surface area (Å²) < 4.78 is 15.0. The summed E-state index contributed by atoms with van der Waals surface area (Å²) in [5, 5.41) is 11.4. The largest absolute Gasteiger partial charge is 0.247 e. The van der Waals surface area contributed by atoms with E-state index in [9.17, 15) is 0 Å². The molecule has 0 saturated heterocycles. The second-order valence-corrected chi connectivity index (χ2v) is 8.72. The summed E-state index contributed by atoms with van der Waals surface area (Å²) in [5.74, 6) is 0.175. The van der Waals surface area contributed by atoms with Gasteiger partial charge in [-0.15, -0.1) is 0 Å². The van der Waals surface area contributed by atoms with Crippen LogP contribution in [-0.4, -0.2) is 6.17 Å². The summed E-state index contributed by atoms with van der Waals surface area (Å²) in [6.07, 6.45) is 7.92. The number of benzene rings is 3. The van der Waals surface area contributed by atoms with Crippen molar-refractivity contribution < 1.29 is 4.39 Å². The maximum absolute atomic E-state index is 15.0. The lowest BCUT2D eigenvalue weighted by molar-refractivity contribution is 0.199. The van der Waals surface area contributed by atoms with Gasteiger partial charge in [0, 0.05) is 6.42 Å². The van der Waals surface area contributed by atoms with Gasteiger partial charge in [0.25, 0.3) is 0 Å². The number of unbranched alkanes of at least 4 members (excludes halogenated alkanes) is 4. The highest BCUT2D eigenvalue weighted by Gasteiger charge is 2.29. The van der Waals surface area contributed by atoms with Gasteiger partial charge in [0.1, 0.15) is 6.17 Å². The van der Waals surface area contributed by atoms with E-state index >= 15 is 4.39 Å². The first-order valence-electron chi connectivity index (χ1n) is 11.4. The Morgan fingerprint density at radius 2 is 1.67 bits per heavy atom. The van der Waals surface area contributed by atoms with Gasteiger partial charge in [0.15, 0.2) is 0 Å².